The third-order valence-electron chi connectivity index (χ3n) is 1.97. The molecule has 1 aromatic carbocycles. The van der Waals surface area contributed by atoms with E-state index in [-0.39, 0.29) is 51.9 Å². The molecule has 4 nitrogen and oxygen atoms in total. The normalized spacial score (nSPS) is 9.60. The summed E-state index contributed by atoms with van der Waals surface area (Å²) in [6.45, 7) is 0. The minimum atomic E-state index is -1.15. The van der Waals surface area contributed by atoms with Crippen LogP contribution in [0.15, 0.2) is 30.5 Å². The predicted octanol–water partition coefficient (Wildman–Crippen LogP) is 1.48. The van der Waals surface area contributed by atoms with Crippen LogP contribution in [-0.2, 0) is 0 Å². The van der Waals surface area contributed by atoms with Crippen LogP contribution >= 0.6 is 0 Å². The molecule has 0 spiro atoms. The van der Waals surface area contributed by atoms with Crippen molar-refractivity contribution in [2.45, 2.75) is 0 Å². The van der Waals surface area contributed by atoms with Crippen molar-refractivity contribution in [3.63, 3.8) is 0 Å². The van der Waals surface area contributed by atoms with Gasteiger partial charge in [0.15, 0.2) is 0 Å². The van der Waals surface area contributed by atoms with Crippen molar-refractivity contribution in [3.8, 4) is 5.75 Å². The molecule has 0 radical (unpaired) electrons. The summed E-state index contributed by atoms with van der Waals surface area (Å²) in [5.41, 5.74) is 0.457. The van der Waals surface area contributed by atoms with Gasteiger partial charge in [-0.2, -0.15) is 0 Å². The second kappa shape index (κ2) is 4.79. The Morgan fingerprint density at radius 1 is 1.33 bits per heavy atom. The molecule has 0 fully saturated rings. The number of pyridine rings is 1. The Kier molecular flexibility index (Phi) is 3.90. The van der Waals surface area contributed by atoms with Crippen molar-refractivity contribution in [3.05, 3.63) is 36.0 Å². The molecule has 2 N–H and O–H groups in total. The molecule has 2 aromatic rings. The number of fused-ring (bicyclic) bond motifs is 1. The number of carboxylic acids is 1. The summed E-state index contributed by atoms with van der Waals surface area (Å²) >= 11 is 0. The van der Waals surface area contributed by atoms with Gasteiger partial charge in [0.05, 0.1) is 11.7 Å². The SMILES string of the molecule is O=C(O)c1c(O)cnc2ccccc12.[Ca+2].[H-].[H-]. The van der Waals surface area contributed by atoms with Crippen molar-refractivity contribution in [1.29, 1.82) is 0 Å². The fourth-order valence-electron chi connectivity index (χ4n) is 1.36. The molecule has 2 rings (SSSR count). The van der Waals surface area contributed by atoms with Gasteiger partial charge in [0, 0.05) is 5.39 Å². The van der Waals surface area contributed by atoms with E-state index in [1.165, 1.54) is 0 Å². The van der Waals surface area contributed by atoms with Crippen LogP contribution in [0.5, 0.6) is 5.75 Å². The topological polar surface area (TPSA) is 70.4 Å². The summed E-state index contributed by atoms with van der Waals surface area (Å²) in [7, 11) is 0. The molecule has 15 heavy (non-hydrogen) atoms. The van der Waals surface area contributed by atoms with Crippen LogP contribution < -0.4 is 0 Å². The average molecular weight is 231 g/mol. The molecule has 1 heterocycles. The minimum Gasteiger partial charge on any atom is -1.00 e. The molecule has 0 aliphatic heterocycles. The maximum absolute atomic E-state index is 10.8. The Hall–Kier alpha value is -0.840. The van der Waals surface area contributed by atoms with Crippen LogP contribution in [-0.4, -0.2) is 58.9 Å². The van der Waals surface area contributed by atoms with Gasteiger partial charge in [-0.05, 0) is 6.07 Å². The molecule has 0 saturated carbocycles. The molecular weight excluding hydrogens is 222 g/mol. The van der Waals surface area contributed by atoms with Crippen molar-refractivity contribution in [2.75, 3.05) is 0 Å². The van der Waals surface area contributed by atoms with Gasteiger partial charge >= 0.3 is 43.7 Å². The van der Waals surface area contributed by atoms with Gasteiger partial charge in [-0.1, -0.05) is 18.2 Å². The standard InChI is InChI=1S/C10H7NO3.Ca.2H/c12-8-5-11-7-4-2-1-3-6(7)9(8)10(13)14;;;/h1-5,12H,(H,13,14);;;/q;+2;2*-1. The molecule has 1 aromatic heterocycles. The number of aromatic carboxylic acids is 1. The molecule has 0 unspecified atom stereocenters. The molecule has 0 aliphatic carbocycles. The number of carboxylic acid groups (broad SMARTS) is 1. The van der Waals surface area contributed by atoms with Gasteiger partial charge in [-0.15, -0.1) is 0 Å². The fraction of sp³-hybridized carbons (Fsp3) is 0. The third-order valence-corrected chi connectivity index (χ3v) is 1.97. The van der Waals surface area contributed by atoms with E-state index in [4.69, 9.17) is 5.11 Å². The van der Waals surface area contributed by atoms with E-state index in [0.29, 0.717) is 10.9 Å². The van der Waals surface area contributed by atoms with Crippen LogP contribution in [0.1, 0.15) is 13.2 Å². The van der Waals surface area contributed by atoms with Gasteiger partial charge in [0.1, 0.15) is 11.3 Å². The Bertz CT molecular complexity index is 522. The monoisotopic (exact) mass is 231 g/mol. The average Bonchev–Trinajstić information content (AvgIpc) is 2.17. The summed E-state index contributed by atoms with van der Waals surface area (Å²) in [5.74, 6) is -1.46. The predicted molar refractivity (Wildman–Crippen MR) is 58.3 cm³/mol. The maximum Gasteiger partial charge on any atom is 2.00 e. The smallest absolute Gasteiger partial charge is 1.00 e. The van der Waals surface area contributed by atoms with Gasteiger partial charge < -0.3 is 13.1 Å². The fourth-order valence-corrected chi connectivity index (χ4v) is 1.36. The summed E-state index contributed by atoms with van der Waals surface area (Å²) in [6, 6.07) is 6.78. The number of hydrogen-bond acceptors (Lipinski definition) is 3. The maximum atomic E-state index is 10.8. The first kappa shape index (κ1) is 12.2. The van der Waals surface area contributed by atoms with Crippen molar-refractivity contribution >= 4 is 54.6 Å². The number of rotatable bonds is 1. The van der Waals surface area contributed by atoms with Crippen LogP contribution in [0.4, 0.5) is 0 Å². The number of benzene rings is 1. The van der Waals surface area contributed by atoms with E-state index in [0.717, 1.165) is 6.20 Å². The molecule has 0 aliphatic rings. The second-order valence-electron chi connectivity index (χ2n) is 2.84. The Morgan fingerprint density at radius 2 is 2.00 bits per heavy atom. The van der Waals surface area contributed by atoms with Crippen molar-refractivity contribution in [2.24, 2.45) is 0 Å². The minimum absolute atomic E-state index is 0. The number of hydrogen-bond donors (Lipinski definition) is 2. The number of aromatic hydroxyl groups is 1. The van der Waals surface area contributed by atoms with Gasteiger partial charge in [-0.25, -0.2) is 4.79 Å². The molecular formula is C10H9CaNO3. The molecule has 5 heteroatoms. The molecule has 74 valence electrons. The molecule has 0 amide bonds. The van der Waals surface area contributed by atoms with E-state index in [2.05, 4.69) is 4.98 Å². The number of para-hydroxylation sites is 1. The van der Waals surface area contributed by atoms with E-state index < -0.39 is 5.97 Å². The first-order valence-electron chi connectivity index (χ1n) is 4.00. The summed E-state index contributed by atoms with van der Waals surface area (Å²) in [4.78, 5) is 14.8. The first-order valence-corrected chi connectivity index (χ1v) is 4.00. The van der Waals surface area contributed by atoms with Crippen LogP contribution in [0.2, 0.25) is 0 Å². The van der Waals surface area contributed by atoms with Gasteiger partial charge in [-0.3, -0.25) is 4.98 Å². The number of carbonyl (C=O) groups is 1. The van der Waals surface area contributed by atoms with E-state index in [1.54, 1.807) is 24.3 Å². The van der Waals surface area contributed by atoms with E-state index in [1.807, 2.05) is 0 Å². The molecule has 0 saturated heterocycles. The van der Waals surface area contributed by atoms with E-state index in [9.17, 15) is 9.90 Å². The van der Waals surface area contributed by atoms with Crippen molar-refractivity contribution < 1.29 is 17.9 Å². The van der Waals surface area contributed by atoms with E-state index >= 15 is 0 Å². The first-order chi connectivity index (χ1) is 6.70. The Morgan fingerprint density at radius 3 is 2.67 bits per heavy atom. The second-order valence-corrected chi connectivity index (χ2v) is 2.84. The quantitative estimate of drug-likeness (QED) is 0.729. The van der Waals surface area contributed by atoms with Crippen LogP contribution in [0.25, 0.3) is 10.9 Å². The van der Waals surface area contributed by atoms with Crippen LogP contribution in [0, 0.1) is 0 Å². The molecule has 0 bridgehead atoms. The summed E-state index contributed by atoms with van der Waals surface area (Å²) in [5, 5.41) is 18.7. The number of aromatic nitrogens is 1. The largest absolute Gasteiger partial charge is 2.00 e. The molecule has 0 atom stereocenters. The zero-order valence-electron chi connectivity index (χ0n) is 9.84. The zero-order chi connectivity index (χ0) is 10.1. The summed E-state index contributed by atoms with van der Waals surface area (Å²) in [6.07, 6.45) is 1.14. The Balaban J connectivity index is 0. The summed E-state index contributed by atoms with van der Waals surface area (Å²) < 4.78 is 0. The zero-order valence-corrected chi connectivity index (χ0v) is 10.1. The van der Waals surface area contributed by atoms with Gasteiger partial charge in [0.2, 0.25) is 0 Å². The van der Waals surface area contributed by atoms with Crippen LogP contribution in [0.3, 0.4) is 0 Å². The Labute approximate surface area is 119 Å². The van der Waals surface area contributed by atoms with Gasteiger partial charge in [0.25, 0.3) is 0 Å². The third kappa shape index (κ3) is 2.22. The van der Waals surface area contributed by atoms with Crippen molar-refractivity contribution in [1.82, 2.24) is 4.98 Å². The number of nitrogens with zero attached hydrogens (tertiary/aromatic N) is 1.